The molecule has 0 N–H and O–H groups in total. The van der Waals surface area contributed by atoms with Crippen LogP contribution in [0.2, 0.25) is 0 Å². The van der Waals surface area contributed by atoms with E-state index in [2.05, 4.69) is 11.6 Å². The minimum atomic E-state index is -0.744. The molecule has 3 heterocycles. The summed E-state index contributed by atoms with van der Waals surface area (Å²) >= 11 is 2.83. The Hall–Kier alpha value is -3.56. The summed E-state index contributed by atoms with van der Waals surface area (Å²) in [6, 6.07) is 7.96. The Morgan fingerprint density at radius 3 is 2.56 bits per heavy atom. The average molecular weight is 495 g/mol. The zero-order chi connectivity index (χ0) is 24.4. The monoisotopic (exact) mass is 494 g/mol. The van der Waals surface area contributed by atoms with Gasteiger partial charge in [0.1, 0.15) is 12.4 Å². The molecule has 2 aromatic heterocycles. The molecule has 1 aliphatic heterocycles. The van der Waals surface area contributed by atoms with Gasteiger partial charge in [-0.15, -0.1) is 11.3 Å². The number of ether oxygens (including phenoxy) is 2. The van der Waals surface area contributed by atoms with E-state index in [0.29, 0.717) is 26.3 Å². The molecule has 1 aromatic carbocycles. The van der Waals surface area contributed by atoms with Crippen LogP contribution in [-0.2, 0) is 14.3 Å². The van der Waals surface area contributed by atoms with Crippen molar-refractivity contribution in [3.8, 4) is 5.75 Å². The van der Waals surface area contributed by atoms with Gasteiger partial charge in [-0.05, 0) is 54.6 Å². The molecule has 174 valence electrons. The van der Waals surface area contributed by atoms with Gasteiger partial charge in [0.25, 0.3) is 5.56 Å². The molecule has 3 aromatic rings. The van der Waals surface area contributed by atoms with Crippen molar-refractivity contribution in [3.63, 3.8) is 0 Å². The normalized spacial score (nSPS) is 15.5. The molecule has 7 nitrogen and oxygen atoms in total. The number of rotatable bonds is 6. The first kappa shape index (κ1) is 23.6. The minimum absolute atomic E-state index is 0.0375. The lowest BCUT2D eigenvalue weighted by molar-refractivity contribution is -0.138. The number of esters is 2. The topological polar surface area (TPSA) is 87.0 Å². The highest BCUT2D eigenvalue weighted by Gasteiger charge is 2.33. The lowest BCUT2D eigenvalue weighted by atomic mass is 9.96. The molecule has 0 spiro atoms. The molecule has 0 unspecified atom stereocenters. The Labute approximate surface area is 203 Å². The number of hydrogen-bond donors (Lipinski definition) is 0. The van der Waals surface area contributed by atoms with Crippen LogP contribution in [0, 0.1) is 6.92 Å². The molecule has 0 amide bonds. The van der Waals surface area contributed by atoms with Crippen LogP contribution in [0.5, 0.6) is 5.75 Å². The van der Waals surface area contributed by atoms with E-state index < -0.39 is 18.0 Å². The predicted molar refractivity (Wildman–Crippen MR) is 132 cm³/mol. The predicted octanol–water partition coefficient (Wildman–Crippen LogP) is 3.26. The lowest BCUT2D eigenvalue weighted by Gasteiger charge is -2.24. The number of carbonyl (C=O) groups excluding carboxylic acids is 2. The van der Waals surface area contributed by atoms with Crippen molar-refractivity contribution >= 4 is 40.7 Å². The van der Waals surface area contributed by atoms with Crippen molar-refractivity contribution in [1.82, 2.24) is 4.57 Å². The summed E-state index contributed by atoms with van der Waals surface area (Å²) in [6.07, 6.45) is 3.34. The number of allylic oxidation sites excluding steroid dienone is 1. The Bertz CT molecular complexity index is 1490. The lowest BCUT2D eigenvalue weighted by Crippen LogP contribution is -2.39. The molecule has 0 fully saturated rings. The van der Waals surface area contributed by atoms with Gasteiger partial charge in [-0.3, -0.25) is 14.2 Å². The fraction of sp³-hybridized carbons (Fsp3) is 0.200. The van der Waals surface area contributed by atoms with Crippen molar-refractivity contribution in [2.45, 2.75) is 26.8 Å². The van der Waals surface area contributed by atoms with E-state index in [-0.39, 0.29) is 17.7 Å². The highest BCUT2D eigenvalue weighted by atomic mass is 32.1. The molecule has 0 saturated heterocycles. The molecule has 1 atom stereocenters. The van der Waals surface area contributed by atoms with Crippen LogP contribution >= 0.6 is 22.7 Å². The Kier molecular flexibility index (Phi) is 6.76. The van der Waals surface area contributed by atoms with E-state index in [1.165, 1.54) is 28.9 Å². The number of carbonyl (C=O) groups is 2. The minimum Gasteiger partial charge on any atom is -0.458 e. The maximum Gasteiger partial charge on any atom is 0.338 e. The molecular formula is C25H22N2O5S2. The van der Waals surface area contributed by atoms with E-state index in [0.717, 1.165) is 10.4 Å². The van der Waals surface area contributed by atoms with Crippen molar-refractivity contribution < 1.29 is 19.1 Å². The van der Waals surface area contributed by atoms with Crippen molar-refractivity contribution in [3.05, 3.63) is 95.3 Å². The third-order valence-electron chi connectivity index (χ3n) is 5.20. The van der Waals surface area contributed by atoms with Gasteiger partial charge in [-0.2, -0.15) is 0 Å². The van der Waals surface area contributed by atoms with Gasteiger partial charge >= 0.3 is 11.9 Å². The Morgan fingerprint density at radius 1 is 1.21 bits per heavy atom. The van der Waals surface area contributed by atoms with Gasteiger partial charge in [-0.25, -0.2) is 9.79 Å². The summed E-state index contributed by atoms with van der Waals surface area (Å²) < 4.78 is 12.5. The second-order valence-corrected chi connectivity index (χ2v) is 9.56. The molecular weight excluding hydrogens is 472 g/mol. The van der Waals surface area contributed by atoms with Crippen molar-refractivity contribution in [2.75, 3.05) is 6.61 Å². The summed E-state index contributed by atoms with van der Waals surface area (Å²) in [5, 5.41) is 1.98. The highest BCUT2D eigenvalue weighted by Crippen LogP contribution is 2.31. The van der Waals surface area contributed by atoms with Crippen LogP contribution in [-0.4, -0.2) is 23.1 Å². The Balaban J connectivity index is 1.90. The van der Waals surface area contributed by atoms with Gasteiger partial charge in [0.15, 0.2) is 4.80 Å². The van der Waals surface area contributed by atoms with Crippen LogP contribution in [0.4, 0.5) is 0 Å². The van der Waals surface area contributed by atoms with Crippen LogP contribution in [0.25, 0.3) is 6.08 Å². The van der Waals surface area contributed by atoms with Gasteiger partial charge in [-0.1, -0.05) is 36.1 Å². The maximum atomic E-state index is 13.6. The molecule has 0 radical (unpaired) electrons. The average Bonchev–Trinajstić information content (AvgIpc) is 3.34. The number of nitrogens with zero attached hydrogens (tertiary/aromatic N) is 2. The smallest absolute Gasteiger partial charge is 0.338 e. The third-order valence-corrected chi connectivity index (χ3v) is 7.14. The number of aromatic nitrogens is 1. The van der Waals surface area contributed by atoms with E-state index in [9.17, 15) is 14.4 Å². The number of aryl methyl sites for hydroxylation is 1. The van der Waals surface area contributed by atoms with Gasteiger partial charge in [0.2, 0.25) is 0 Å². The zero-order valence-corrected chi connectivity index (χ0v) is 20.5. The largest absolute Gasteiger partial charge is 0.458 e. The molecule has 34 heavy (non-hydrogen) atoms. The number of benzene rings is 1. The van der Waals surface area contributed by atoms with E-state index in [1.54, 1.807) is 42.5 Å². The molecule has 9 heteroatoms. The number of fused-ring (bicyclic) bond motifs is 1. The van der Waals surface area contributed by atoms with Gasteiger partial charge in [0.05, 0.1) is 21.8 Å². The second kappa shape index (κ2) is 9.74. The SMILES string of the molecule is C=CCOC(=O)C1=C(C)N=c2s/c(=C/c3sccc3C)c(=O)n2[C@@H]1c1ccc(OC(C)=O)cc1. The summed E-state index contributed by atoms with van der Waals surface area (Å²) in [4.78, 5) is 43.9. The fourth-order valence-corrected chi connectivity index (χ4v) is 5.61. The van der Waals surface area contributed by atoms with Crippen LogP contribution < -0.4 is 19.6 Å². The fourth-order valence-electron chi connectivity index (χ4n) is 3.65. The molecule has 0 saturated carbocycles. The Morgan fingerprint density at radius 2 is 1.94 bits per heavy atom. The summed E-state index contributed by atoms with van der Waals surface area (Å²) in [5.74, 6) is -0.638. The summed E-state index contributed by atoms with van der Waals surface area (Å²) in [6.45, 7) is 8.66. The number of hydrogen-bond acceptors (Lipinski definition) is 8. The molecule has 4 rings (SSSR count). The first-order valence-corrected chi connectivity index (χ1v) is 12.1. The molecule has 0 bridgehead atoms. The first-order valence-electron chi connectivity index (χ1n) is 10.4. The van der Waals surface area contributed by atoms with Crippen molar-refractivity contribution in [2.24, 2.45) is 4.99 Å². The van der Waals surface area contributed by atoms with E-state index in [1.807, 2.05) is 24.4 Å². The summed E-state index contributed by atoms with van der Waals surface area (Å²) in [7, 11) is 0. The quantitative estimate of drug-likeness (QED) is 0.298. The number of thiophene rings is 1. The maximum absolute atomic E-state index is 13.6. The van der Waals surface area contributed by atoms with Crippen molar-refractivity contribution in [1.29, 1.82) is 0 Å². The van der Waals surface area contributed by atoms with Crippen LogP contribution in [0.3, 0.4) is 0 Å². The van der Waals surface area contributed by atoms with E-state index in [4.69, 9.17) is 9.47 Å². The third kappa shape index (κ3) is 4.57. The second-order valence-electron chi connectivity index (χ2n) is 7.60. The molecule has 0 aliphatic carbocycles. The van der Waals surface area contributed by atoms with E-state index >= 15 is 0 Å². The first-order chi connectivity index (χ1) is 16.3. The standard InChI is InChI=1S/C25H22N2O5S2/c1-5-11-31-24(30)21-15(3)26-25-27(22(21)17-6-8-18(9-7-17)32-16(4)28)23(29)20(34-25)13-19-14(2)10-12-33-19/h5-10,12-13,22H,1,11H2,2-4H3/b20-13+/t22-/m1/s1. The van der Waals surface area contributed by atoms with Gasteiger partial charge < -0.3 is 9.47 Å². The van der Waals surface area contributed by atoms with Gasteiger partial charge in [0, 0.05) is 11.8 Å². The number of thiazole rings is 1. The highest BCUT2D eigenvalue weighted by molar-refractivity contribution is 7.11. The summed E-state index contributed by atoms with van der Waals surface area (Å²) in [5.41, 5.74) is 2.25. The molecule has 1 aliphatic rings. The van der Waals surface area contributed by atoms with Crippen LogP contribution in [0.15, 0.2) is 69.4 Å². The van der Waals surface area contributed by atoms with Crippen LogP contribution in [0.1, 0.15) is 35.9 Å². The zero-order valence-electron chi connectivity index (χ0n) is 18.9.